The molecule has 0 spiro atoms. The molecular weight excluding hydrogens is 226 g/mol. The average molecular weight is 257 g/mol. The maximum atomic E-state index is 11.7. The van der Waals surface area contributed by atoms with E-state index in [1.165, 1.54) is 19.3 Å². The van der Waals surface area contributed by atoms with Gasteiger partial charge in [0, 0.05) is 32.0 Å². The maximum Gasteiger partial charge on any atom is 0.219 e. The van der Waals surface area contributed by atoms with E-state index in [4.69, 9.17) is 0 Å². The zero-order valence-electron chi connectivity index (χ0n) is 12.8. The monoisotopic (exact) mass is 257 g/mol. The molecule has 0 aromatic carbocycles. The molecule has 1 unspecified atom stereocenters. The van der Waals surface area contributed by atoms with Crippen molar-refractivity contribution >= 4 is 5.91 Å². The lowest BCUT2D eigenvalue weighted by atomic mass is 9.92. The predicted molar refractivity (Wildman–Crippen MR) is 76.4 cm³/mol. The number of unbranched alkanes of at least 4 members (excludes halogenated alkanes) is 1. The number of rotatable bonds is 9. The third-order valence-electron chi connectivity index (χ3n) is 3.51. The lowest BCUT2D eigenvalue weighted by Crippen LogP contribution is -2.41. The number of nitrogens with zero attached hydrogens (tertiary/aromatic N) is 1. The second-order valence-corrected chi connectivity index (χ2v) is 6.14. The Morgan fingerprint density at radius 2 is 1.94 bits per heavy atom. The van der Waals surface area contributed by atoms with Crippen LogP contribution in [0.15, 0.2) is 0 Å². The normalized spacial score (nSPS) is 13.4. The van der Waals surface area contributed by atoms with Crippen LogP contribution in [0.25, 0.3) is 0 Å². The van der Waals surface area contributed by atoms with E-state index in [-0.39, 0.29) is 17.9 Å². The highest BCUT2D eigenvalue weighted by molar-refractivity contribution is 5.73. The molecule has 0 aliphatic rings. The first-order valence-corrected chi connectivity index (χ1v) is 7.22. The molecule has 0 radical (unpaired) electrons. The summed E-state index contributed by atoms with van der Waals surface area (Å²) in [5.41, 5.74) is -0.214. The van der Waals surface area contributed by atoms with Crippen LogP contribution in [0.4, 0.5) is 0 Å². The molecule has 108 valence electrons. The molecule has 3 nitrogen and oxygen atoms in total. The SMILES string of the molecule is CCCCC(CC)CN(CC(C)(C)CO)C(C)=O. The van der Waals surface area contributed by atoms with E-state index in [2.05, 4.69) is 13.8 Å². The second-order valence-electron chi connectivity index (χ2n) is 6.14. The molecule has 0 fully saturated rings. The fourth-order valence-electron chi connectivity index (χ4n) is 2.10. The Morgan fingerprint density at radius 1 is 1.33 bits per heavy atom. The van der Waals surface area contributed by atoms with Crippen molar-refractivity contribution in [1.29, 1.82) is 0 Å². The minimum Gasteiger partial charge on any atom is -0.396 e. The minimum absolute atomic E-state index is 0.114. The number of aliphatic hydroxyl groups is 1. The van der Waals surface area contributed by atoms with E-state index in [0.717, 1.165) is 13.0 Å². The topological polar surface area (TPSA) is 40.5 Å². The molecule has 0 aliphatic heterocycles. The summed E-state index contributed by atoms with van der Waals surface area (Å²) < 4.78 is 0. The van der Waals surface area contributed by atoms with Crippen LogP contribution in [0.5, 0.6) is 0 Å². The molecule has 1 N–H and O–H groups in total. The van der Waals surface area contributed by atoms with Gasteiger partial charge in [-0.1, -0.05) is 47.0 Å². The summed E-state index contributed by atoms with van der Waals surface area (Å²) in [4.78, 5) is 13.6. The molecule has 0 rings (SSSR count). The average Bonchev–Trinajstić information content (AvgIpc) is 2.32. The Balaban J connectivity index is 4.46. The van der Waals surface area contributed by atoms with E-state index in [1.807, 2.05) is 18.7 Å². The summed E-state index contributed by atoms with van der Waals surface area (Å²) in [6.07, 6.45) is 4.74. The molecule has 0 saturated heterocycles. The Bertz CT molecular complexity index is 239. The van der Waals surface area contributed by atoms with Crippen LogP contribution in [0, 0.1) is 11.3 Å². The molecule has 18 heavy (non-hydrogen) atoms. The summed E-state index contributed by atoms with van der Waals surface area (Å²) in [5.74, 6) is 0.704. The van der Waals surface area contributed by atoms with Crippen molar-refractivity contribution in [3.05, 3.63) is 0 Å². The fourth-order valence-corrected chi connectivity index (χ4v) is 2.10. The molecular formula is C15H31NO2. The first kappa shape index (κ1) is 17.4. The van der Waals surface area contributed by atoms with E-state index >= 15 is 0 Å². The van der Waals surface area contributed by atoms with Gasteiger partial charge in [-0.05, 0) is 12.3 Å². The number of hydrogen-bond donors (Lipinski definition) is 1. The number of carbonyl (C=O) groups excluding carboxylic acids is 1. The van der Waals surface area contributed by atoms with Crippen molar-refractivity contribution in [3.8, 4) is 0 Å². The summed E-state index contributed by atoms with van der Waals surface area (Å²) in [6.45, 7) is 11.6. The highest BCUT2D eigenvalue weighted by Gasteiger charge is 2.24. The molecule has 0 saturated carbocycles. The highest BCUT2D eigenvalue weighted by atomic mass is 16.3. The van der Waals surface area contributed by atoms with Crippen molar-refractivity contribution in [2.45, 2.75) is 60.3 Å². The van der Waals surface area contributed by atoms with Crippen molar-refractivity contribution < 1.29 is 9.90 Å². The van der Waals surface area contributed by atoms with Gasteiger partial charge in [0.15, 0.2) is 0 Å². The van der Waals surface area contributed by atoms with Gasteiger partial charge in [-0.15, -0.1) is 0 Å². The Labute approximate surface area is 113 Å². The zero-order valence-corrected chi connectivity index (χ0v) is 12.8. The Kier molecular flexibility index (Phi) is 8.25. The van der Waals surface area contributed by atoms with Gasteiger partial charge in [-0.3, -0.25) is 4.79 Å². The summed E-state index contributed by atoms with van der Waals surface area (Å²) in [5, 5.41) is 9.32. The number of carbonyl (C=O) groups is 1. The van der Waals surface area contributed by atoms with Gasteiger partial charge in [-0.25, -0.2) is 0 Å². The van der Waals surface area contributed by atoms with E-state index in [0.29, 0.717) is 12.5 Å². The van der Waals surface area contributed by atoms with Crippen molar-refractivity contribution in [1.82, 2.24) is 4.90 Å². The van der Waals surface area contributed by atoms with Crippen LogP contribution in [-0.2, 0) is 4.79 Å². The molecule has 0 aliphatic carbocycles. The van der Waals surface area contributed by atoms with Crippen LogP contribution in [0.1, 0.15) is 60.3 Å². The molecule has 3 heteroatoms. The number of aliphatic hydroxyl groups excluding tert-OH is 1. The third-order valence-corrected chi connectivity index (χ3v) is 3.51. The standard InChI is InChI=1S/C15H31NO2/c1-6-8-9-14(7-2)10-16(13(3)18)11-15(4,5)12-17/h14,17H,6-12H2,1-5H3. The quantitative estimate of drug-likeness (QED) is 0.689. The Hall–Kier alpha value is -0.570. The maximum absolute atomic E-state index is 11.7. The van der Waals surface area contributed by atoms with Crippen LogP contribution in [0.2, 0.25) is 0 Å². The van der Waals surface area contributed by atoms with E-state index in [1.54, 1.807) is 6.92 Å². The molecule has 0 heterocycles. The van der Waals surface area contributed by atoms with Gasteiger partial charge < -0.3 is 10.0 Å². The van der Waals surface area contributed by atoms with Crippen LogP contribution in [-0.4, -0.2) is 35.6 Å². The predicted octanol–water partition coefficient (Wildman–Crippen LogP) is 3.07. The highest BCUT2D eigenvalue weighted by Crippen LogP contribution is 2.20. The largest absolute Gasteiger partial charge is 0.396 e. The van der Waals surface area contributed by atoms with Gasteiger partial charge in [0.2, 0.25) is 5.91 Å². The minimum atomic E-state index is -0.214. The van der Waals surface area contributed by atoms with Crippen molar-refractivity contribution in [3.63, 3.8) is 0 Å². The summed E-state index contributed by atoms with van der Waals surface area (Å²) in [6, 6.07) is 0. The molecule has 0 aromatic rings. The lowest BCUT2D eigenvalue weighted by molar-refractivity contribution is -0.131. The first-order valence-electron chi connectivity index (χ1n) is 7.22. The Morgan fingerprint density at radius 3 is 2.33 bits per heavy atom. The molecule has 0 aromatic heterocycles. The third kappa shape index (κ3) is 7.00. The van der Waals surface area contributed by atoms with Gasteiger partial charge in [0.1, 0.15) is 0 Å². The second kappa shape index (κ2) is 8.52. The van der Waals surface area contributed by atoms with Gasteiger partial charge >= 0.3 is 0 Å². The van der Waals surface area contributed by atoms with Crippen LogP contribution in [0.3, 0.4) is 0 Å². The fraction of sp³-hybridized carbons (Fsp3) is 0.933. The molecule has 0 bridgehead atoms. The first-order chi connectivity index (χ1) is 8.36. The van der Waals surface area contributed by atoms with Crippen molar-refractivity contribution in [2.75, 3.05) is 19.7 Å². The number of hydrogen-bond acceptors (Lipinski definition) is 2. The van der Waals surface area contributed by atoms with Crippen LogP contribution >= 0.6 is 0 Å². The van der Waals surface area contributed by atoms with Gasteiger partial charge in [0.25, 0.3) is 0 Å². The van der Waals surface area contributed by atoms with Gasteiger partial charge in [-0.2, -0.15) is 0 Å². The van der Waals surface area contributed by atoms with E-state index in [9.17, 15) is 9.90 Å². The molecule has 1 atom stereocenters. The smallest absolute Gasteiger partial charge is 0.219 e. The van der Waals surface area contributed by atoms with E-state index < -0.39 is 0 Å². The summed E-state index contributed by atoms with van der Waals surface area (Å²) >= 11 is 0. The van der Waals surface area contributed by atoms with Gasteiger partial charge in [0.05, 0.1) is 0 Å². The summed E-state index contributed by atoms with van der Waals surface area (Å²) in [7, 11) is 0. The zero-order chi connectivity index (χ0) is 14.2. The number of amides is 1. The lowest BCUT2D eigenvalue weighted by Gasteiger charge is -2.33. The van der Waals surface area contributed by atoms with Crippen LogP contribution < -0.4 is 0 Å². The molecule has 1 amide bonds. The van der Waals surface area contributed by atoms with Crippen molar-refractivity contribution in [2.24, 2.45) is 11.3 Å².